The molecule has 2 aromatic carbocycles. The number of para-hydroxylation sites is 1. The van der Waals surface area contributed by atoms with E-state index in [1.54, 1.807) is 6.20 Å². The van der Waals surface area contributed by atoms with Gasteiger partial charge in [0.25, 0.3) is 5.91 Å². The number of pyridine rings is 1. The van der Waals surface area contributed by atoms with Gasteiger partial charge in [0.05, 0.1) is 22.0 Å². The zero-order valence-electron chi connectivity index (χ0n) is 15.1. The monoisotopic (exact) mass is 386 g/mol. The van der Waals surface area contributed by atoms with E-state index < -0.39 is 0 Å². The van der Waals surface area contributed by atoms with Gasteiger partial charge in [-0.1, -0.05) is 41.7 Å². The summed E-state index contributed by atoms with van der Waals surface area (Å²) in [5.74, 6) is -0.138. The Morgan fingerprint density at radius 1 is 1.07 bits per heavy atom. The molecule has 1 amide bonds. The van der Waals surface area contributed by atoms with Gasteiger partial charge in [0.15, 0.2) is 5.13 Å². The topological polar surface area (TPSA) is 66.9 Å². The van der Waals surface area contributed by atoms with Crippen LogP contribution in [0, 0.1) is 0 Å². The zero-order valence-corrected chi connectivity index (χ0v) is 15.9. The number of nitrogens with one attached hydrogen (secondary N) is 2. The lowest BCUT2D eigenvalue weighted by Crippen LogP contribution is -2.33. The first kappa shape index (κ1) is 17.0. The second-order valence-electron chi connectivity index (χ2n) is 6.71. The van der Waals surface area contributed by atoms with Gasteiger partial charge in [-0.15, -0.1) is 0 Å². The van der Waals surface area contributed by atoms with Crippen LogP contribution in [-0.2, 0) is 6.42 Å². The first-order valence-electron chi connectivity index (χ1n) is 9.22. The van der Waals surface area contributed by atoms with Crippen LogP contribution in [0.5, 0.6) is 0 Å². The Morgan fingerprint density at radius 3 is 2.82 bits per heavy atom. The molecule has 1 unspecified atom stereocenters. The molecular formula is C22H18N4OS. The minimum atomic E-state index is -0.138. The first-order valence-corrected chi connectivity index (χ1v) is 10.0. The van der Waals surface area contributed by atoms with Gasteiger partial charge in [0.2, 0.25) is 0 Å². The molecule has 1 aliphatic heterocycles. The number of rotatable bonds is 3. The first-order chi connectivity index (χ1) is 13.8. The van der Waals surface area contributed by atoms with Crippen LogP contribution in [-0.4, -0.2) is 22.4 Å². The molecular weight excluding hydrogens is 368 g/mol. The van der Waals surface area contributed by atoms with Crippen molar-refractivity contribution in [2.24, 2.45) is 0 Å². The highest BCUT2D eigenvalue weighted by Crippen LogP contribution is 2.32. The Balaban J connectivity index is 1.52. The number of carbonyl (C=O) groups excluding carboxylic acids is 1. The summed E-state index contributed by atoms with van der Waals surface area (Å²) in [5, 5.41) is 7.12. The van der Waals surface area contributed by atoms with Crippen molar-refractivity contribution in [2.75, 3.05) is 11.9 Å². The highest BCUT2D eigenvalue weighted by atomic mass is 32.1. The SMILES string of the molecule is O=C(Nc1nc2ccccc2s1)c1cccc2c1C(c1ccccn1)NCC2. The van der Waals surface area contributed by atoms with Crippen LogP contribution >= 0.6 is 11.3 Å². The van der Waals surface area contributed by atoms with E-state index >= 15 is 0 Å². The van der Waals surface area contributed by atoms with E-state index in [2.05, 4.69) is 26.7 Å². The third-order valence-corrected chi connectivity index (χ3v) is 5.92. The quantitative estimate of drug-likeness (QED) is 0.554. The van der Waals surface area contributed by atoms with E-state index in [1.807, 2.05) is 54.6 Å². The van der Waals surface area contributed by atoms with Crippen LogP contribution in [0.3, 0.4) is 0 Å². The summed E-state index contributed by atoms with van der Waals surface area (Å²) in [7, 11) is 0. The van der Waals surface area contributed by atoms with Crippen molar-refractivity contribution in [3.05, 3.63) is 89.2 Å². The molecule has 0 saturated heterocycles. The number of aromatic nitrogens is 2. The number of amides is 1. The van der Waals surface area contributed by atoms with Crippen LogP contribution in [0.15, 0.2) is 66.9 Å². The molecule has 0 bridgehead atoms. The maximum atomic E-state index is 13.1. The highest BCUT2D eigenvalue weighted by Gasteiger charge is 2.27. The summed E-state index contributed by atoms with van der Waals surface area (Å²) in [5.41, 5.74) is 4.67. The number of anilines is 1. The summed E-state index contributed by atoms with van der Waals surface area (Å²) >= 11 is 1.48. The summed E-state index contributed by atoms with van der Waals surface area (Å²) in [6, 6.07) is 19.6. The second-order valence-corrected chi connectivity index (χ2v) is 7.74. The lowest BCUT2D eigenvalue weighted by Gasteiger charge is -2.28. The summed E-state index contributed by atoms with van der Waals surface area (Å²) < 4.78 is 1.06. The van der Waals surface area contributed by atoms with Crippen molar-refractivity contribution in [1.82, 2.24) is 15.3 Å². The van der Waals surface area contributed by atoms with E-state index in [9.17, 15) is 4.79 Å². The van der Waals surface area contributed by atoms with Gasteiger partial charge < -0.3 is 5.32 Å². The Morgan fingerprint density at radius 2 is 1.96 bits per heavy atom. The van der Waals surface area contributed by atoms with Crippen LogP contribution in [0.1, 0.15) is 33.2 Å². The van der Waals surface area contributed by atoms with Crippen LogP contribution < -0.4 is 10.6 Å². The molecule has 5 rings (SSSR count). The van der Waals surface area contributed by atoms with E-state index in [4.69, 9.17) is 0 Å². The predicted octanol–water partition coefficient (Wildman–Crippen LogP) is 4.18. The van der Waals surface area contributed by atoms with Gasteiger partial charge in [0, 0.05) is 18.3 Å². The van der Waals surface area contributed by atoms with Gasteiger partial charge in [-0.3, -0.25) is 15.1 Å². The Hall–Kier alpha value is -3.09. The number of carbonyl (C=O) groups is 1. The molecule has 0 spiro atoms. The molecule has 138 valence electrons. The van der Waals surface area contributed by atoms with Crippen molar-refractivity contribution in [2.45, 2.75) is 12.5 Å². The average Bonchev–Trinajstić information content (AvgIpc) is 3.15. The number of thiazole rings is 1. The number of hydrogen-bond acceptors (Lipinski definition) is 5. The number of hydrogen-bond donors (Lipinski definition) is 2. The van der Waals surface area contributed by atoms with Crippen LogP contribution in [0.2, 0.25) is 0 Å². The molecule has 6 heteroatoms. The van der Waals surface area contributed by atoms with Crippen LogP contribution in [0.25, 0.3) is 10.2 Å². The van der Waals surface area contributed by atoms with Crippen molar-refractivity contribution in [1.29, 1.82) is 0 Å². The molecule has 0 radical (unpaired) electrons. The molecule has 0 saturated carbocycles. The molecule has 2 aromatic heterocycles. The van der Waals surface area contributed by atoms with Crippen LogP contribution in [0.4, 0.5) is 5.13 Å². The molecule has 4 aromatic rings. The van der Waals surface area contributed by atoms with Gasteiger partial charge in [-0.25, -0.2) is 4.98 Å². The lowest BCUT2D eigenvalue weighted by molar-refractivity contribution is 0.102. The summed E-state index contributed by atoms with van der Waals surface area (Å²) in [6.45, 7) is 0.858. The van der Waals surface area contributed by atoms with Crippen molar-refractivity contribution in [3.63, 3.8) is 0 Å². The summed E-state index contributed by atoms with van der Waals surface area (Å²) in [4.78, 5) is 22.2. The second kappa shape index (κ2) is 7.14. The zero-order chi connectivity index (χ0) is 18.9. The fourth-order valence-electron chi connectivity index (χ4n) is 3.71. The van der Waals surface area contributed by atoms with Gasteiger partial charge in [0.1, 0.15) is 0 Å². The molecule has 1 atom stereocenters. The Kier molecular flexibility index (Phi) is 4.35. The number of fused-ring (bicyclic) bond motifs is 2. The van der Waals surface area contributed by atoms with Crippen molar-refractivity contribution < 1.29 is 4.79 Å². The third-order valence-electron chi connectivity index (χ3n) is 4.97. The molecule has 28 heavy (non-hydrogen) atoms. The Bertz CT molecular complexity index is 1120. The smallest absolute Gasteiger partial charge is 0.257 e. The Labute approximate surface area is 166 Å². The highest BCUT2D eigenvalue weighted by molar-refractivity contribution is 7.22. The van der Waals surface area contributed by atoms with E-state index in [0.717, 1.165) is 34.4 Å². The van der Waals surface area contributed by atoms with Gasteiger partial charge in [-0.05, 0) is 47.9 Å². The minimum Gasteiger partial charge on any atom is -0.305 e. The van der Waals surface area contributed by atoms with Crippen molar-refractivity contribution in [3.8, 4) is 0 Å². The third kappa shape index (κ3) is 3.06. The van der Waals surface area contributed by atoms with E-state index in [1.165, 1.54) is 16.9 Å². The molecule has 2 N–H and O–H groups in total. The maximum absolute atomic E-state index is 13.1. The molecule has 3 heterocycles. The normalized spacial score (nSPS) is 15.9. The lowest BCUT2D eigenvalue weighted by atomic mass is 9.88. The molecule has 0 fully saturated rings. The summed E-state index contributed by atoms with van der Waals surface area (Å²) in [6.07, 6.45) is 2.68. The fourth-order valence-corrected chi connectivity index (χ4v) is 4.57. The number of benzene rings is 2. The standard InChI is InChI=1S/C22H18N4OS/c27-21(26-22-25-16-8-1-2-10-18(16)28-22)15-7-5-6-14-11-13-24-20(19(14)15)17-9-3-4-12-23-17/h1-10,12,20,24H,11,13H2,(H,25,26,27). The fraction of sp³-hybridized carbons (Fsp3) is 0.136. The average molecular weight is 386 g/mol. The maximum Gasteiger partial charge on any atom is 0.257 e. The largest absolute Gasteiger partial charge is 0.305 e. The molecule has 5 nitrogen and oxygen atoms in total. The van der Waals surface area contributed by atoms with Crippen molar-refractivity contribution >= 4 is 32.6 Å². The predicted molar refractivity (Wildman–Crippen MR) is 112 cm³/mol. The van der Waals surface area contributed by atoms with E-state index in [0.29, 0.717) is 10.7 Å². The molecule has 1 aliphatic rings. The van der Waals surface area contributed by atoms with E-state index in [-0.39, 0.29) is 11.9 Å². The molecule has 0 aliphatic carbocycles. The van der Waals surface area contributed by atoms with Gasteiger partial charge >= 0.3 is 0 Å². The number of nitrogens with zero attached hydrogens (tertiary/aromatic N) is 2. The van der Waals surface area contributed by atoms with Gasteiger partial charge in [-0.2, -0.15) is 0 Å². The minimum absolute atomic E-state index is 0.0951.